The molecule has 230 valence electrons. The van der Waals surface area contributed by atoms with Crippen molar-refractivity contribution in [2.24, 2.45) is 0 Å². The lowest BCUT2D eigenvalue weighted by atomic mass is 9.95. The van der Waals surface area contributed by atoms with Crippen molar-refractivity contribution in [1.82, 2.24) is 15.6 Å². The van der Waals surface area contributed by atoms with Crippen LogP contribution >= 0.6 is 0 Å². The molecule has 0 radical (unpaired) electrons. The summed E-state index contributed by atoms with van der Waals surface area (Å²) in [6.45, 7) is 5.14. The highest BCUT2D eigenvalue weighted by molar-refractivity contribution is 5.96. The molecule has 10 nitrogen and oxygen atoms in total. The molecule has 1 amide bonds. The van der Waals surface area contributed by atoms with Gasteiger partial charge in [0.25, 0.3) is 5.91 Å². The van der Waals surface area contributed by atoms with Crippen LogP contribution in [0.3, 0.4) is 0 Å². The Morgan fingerprint density at radius 1 is 1.10 bits per heavy atom. The molecule has 0 spiro atoms. The molecule has 0 saturated carbocycles. The van der Waals surface area contributed by atoms with Gasteiger partial charge in [-0.2, -0.15) is 13.2 Å². The number of piperidine rings is 1. The predicted octanol–water partition coefficient (Wildman–Crippen LogP) is 4.28. The van der Waals surface area contributed by atoms with Crippen molar-refractivity contribution < 1.29 is 42.5 Å². The largest absolute Gasteiger partial charge is 0.496 e. The Balaban J connectivity index is 0.000000616. The number of aromatic nitrogens is 1. The number of pyridine rings is 1. The molecular formula is C29H37F3N4O6. The number of nitrogens with one attached hydrogen (secondary N) is 2. The van der Waals surface area contributed by atoms with E-state index in [-0.39, 0.29) is 29.6 Å². The number of aliphatic carboxylic acids is 1. The van der Waals surface area contributed by atoms with Crippen LogP contribution in [0.4, 0.5) is 19.0 Å². The fourth-order valence-electron chi connectivity index (χ4n) is 5.48. The fourth-order valence-corrected chi connectivity index (χ4v) is 5.48. The van der Waals surface area contributed by atoms with Crippen LogP contribution in [0.25, 0.3) is 0 Å². The first-order chi connectivity index (χ1) is 19.8. The summed E-state index contributed by atoms with van der Waals surface area (Å²) in [7, 11) is 1.65. The number of fused-ring (bicyclic) bond motifs is 2. The zero-order chi connectivity index (χ0) is 31.0. The number of carbonyl (C=O) groups excluding carboxylic acids is 1. The molecule has 1 aromatic carbocycles. The molecule has 42 heavy (non-hydrogen) atoms. The van der Waals surface area contributed by atoms with Crippen LogP contribution in [-0.4, -0.2) is 77.0 Å². The number of alkyl halides is 3. The molecule has 2 fully saturated rings. The highest BCUT2D eigenvalue weighted by atomic mass is 19.4. The third-order valence-electron chi connectivity index (χ3n) is 7.32. The van der Waals surface area contributed by atoms with E-state index in [1.54, 1.807) is 19.2 Å². The molecule has 4 rings (SSSR count). The summed E-state index contributed by atoms with van der Waals surface area (Å²) in [5.41, 5.74) is 1.84. The van der Waals surface area contributed by atoms with Gasteiger partial charge in [-0.3, -0.25) is 4.79 Å². The minimum atomic E-state index is -5.08. The van der Waals surface area contributed by atoms with Crippen molar-refractivity contribution in [1.29, 1.82) is 0 Å². The lowest BCUT2D eigenvalue weighted by Gasteiger charge is -2.40. The van der Waals surface area contributed by atoms with E-state index in [4.69, 9.17) is 19.7 Å². The van der Waals surface area contributed by atoms with Gasteiger partial charge in [0.05, 0.1) is 12.7 Å². The van der Waals surface area contributed by atoms with Crippen molar-refractivity contribution in [2.45, 2.75) is 82.7 Å². The molecule has 0 aliphatic carbocycles. The maximum absolute atomic E-state index is 13.4. The van der Waals surface area contributed by atoms with Crippen molar-refractivity contribution >= 4 is 23.7 Å². The molecule has 2 saturated heterocycles. The van der Waals surface area contributed by atoms with E-state index in [1.807, 2.05) is 18.2 Å². The monoisotopic (exact) mass is 594 g/mol. The van der Waals surface area contributed by atoms with Crippen molar-refractivity contribution in [3.63, 3.8) is 0 Å². The summed E-state index contributed by atoms with van der Waals surface area (Å²) < 4.78 is 37.3. The Morgan fingerprint density at radius 2 is 1.74 bits per heavy atom. The van der Waals surface area contributed by atoms with E-state index in [0.717, 1.165) is 62.2 Å². The maximum atomic E-state index is 13.4. The van der Waals surface area contributed by atoms with E-state index in [0.29, 0.717) is 11.6 Å². The molecule has 3 heterocycles. The van der Waals surface area contributed by atoms with E-state index < -0.39 is 18.1 Å². The number of halogens is 3. The smallest absolute Gasteiger partial charge is 0.490 e. The third-order valence-corrected chi connectivity index (χ3v) is 7.32. The molecule has 2 aliphatic rings. The van der Waals surface area contributed by atoms with E-state index in [1.165, 1.54) is 6.20 Å². The Morgan fingerprint density at radius 3 is 2.24 bits per heavy atom. The highest BCUT2D eigenvalue weighted by Gasteiger charge is 2.42. The average Bonchev–Trinajstić information content (AvgIpc) is 3.20. The van der Waals surface area contributed by atoms with Crippen LogP contribution in [-0.2, 0) is 11.2 Å². The van der Waals surface area contributed by atoms with Gasteiger partial charge in [-0.1, -0.05) is 19.9 Å². The molecule has 13 heteroatoms. The number of carboxylic acid groups (broad SMARTS) is 2. The minimum Gasteiger partial charge on any atom is -0.496 e. The van der Waals surface area contributed by atoms with Crippen molar-refractivity contribution in [3.05, 3.63) is 53.2 Å². The number of ether oxygens (including phenoxy) is 1. The number of methoxy groups -OCH3 is 1. The second-order valence-electron chi connectivity index (χ2n) is 10.6. The number of rotatable bonds is 10. The Bertz CT molecular complexity index is 1220. The Labute approximate surface area is 242 Å². The van der Waals surface area contributed by atoms with Gasteiger partial charge in [0.1, 0.15) is 11.6 Å². The molecular weight excluding hydrogens is 557 g/mol. The number of anilines is 1. The van der Waals surface area contributed by atoms with Crippen molar-refractivity contribution in [2.75, 3.05) is 18.6 Å². The minimum absolute atomic E-state index is 0.0440. The van der Waals surface area contributed by atoms with Gasteiger partial charge in [-0.25, -0.2) is 14.6 Å². The summed E-state index contributed by atoms with van der Waals surface area (Å²) in [5, 5.41) is 23.0. The van der Waals surface area contributed by atoms with Crippen LogP contribution < -0.4 is 20.3 Å². The van der Waals surface area contributed by atoms with Crippen LogP contribution in [0.1, 0.15) is 72.2 Å². The predicted molar refractivity (Wildman–Crippen MR) is 149 cm³/mol. The number of hydrogen-bond donors (Lipinski definition) is 4. The van der Waals surface area contributed by atoms with Gasteiger partial charge >= 0.3 is 18.1 Å². The highest BCUT2D eigenvalue weighted by Crippen LogP contribution is 2.38. The quantitative estimate of drug-likeness (QED) is 0.297. The van der Waals surface area contributed by atoms with Gasteiger partial charge in [0.15, 0.2) is 0 Å². The molecule has 2 bridgehead atoms. The zero-order valence-electron chi connectivity index (χ0n) is 23.8. The normalized spacial score (nSPS) is 19.6. The third kappa shape index (κ3) is 8.57. The molecule has 2 atom stereocenters. The zero-order valence-corrected chi connectivity index (χ0v) is 23.8. The second kappa shape index (κ2) is 14.3. The molecule has 2 aliphatic heterocycles. The number of nitrogens with zero attached hydrogens (tertiary/aromatic N) is 2. The van der Waals surface area contributed by atoms with E-state index in [2.05, 4.69) is 34.4 Å². The summed E-state index contributed by atoms with van der Waals surface area (Å²) in [5.74, 6) is -2.20. The van der Waals surface area contributed by atoms with Crippen LogP contribution in [0.5, 0.6) is 5.75 Å². The summed E-state index contributed by atoms with van der Waals surface area (Å²) in [4.78, 5) is 40.1. The topological polar surface area (TPSA) is 141 Å². The lowest BCUT2D eigenvalue weighted by Crippen LogP contribution is -2.50. The summed E-state index contributed by atoms with van der Waals surface area (Å²) >= 11 is 0. The van der Waals surface area contributed by atoms with Gasteiger partial charge in [-0.05, 0) is 69.3 Å². The average molecular weight is 595 g/mol. The van der Waals surface area contributed by atoms with Crippen LogP contribution in [0.15, 0.2) is 36.5 Å². The standard InChI is InChI=1S/C27H36N4O4.C2HF3O2/c1-17(2)28-13-5-7-22-23(6-4-8-24(22)35-3)26(32)30-19-14-20-10-11-21(15-19)31(20)25-12-9-18(16-29-25)27(33)34;3-2(4,5)1(6)7/h4,6,8-9,12,16-17,19-21,28H,5,7,10-11,13-15H2,1-3H3,(H,30,32)(H,33,34);(H,6,7). The first-order valence-electron chi connectivity index (χ1n) is 13.8. The number of carboxylic acids is 2. The molecule has 2 aromatic rings. The molecule has 2 unspecified atom stereocenters. The van der Waals surface area contributed by atoms with Gasteiger partial charge in [0.2, 0.25) is 0 Å². The number of benzene rings is 1. The number of amides is 1. The Kier molecular flexibility index (Phi) is 11.1. The summed E-state index contributed by atoms with van der Waals surface area (Å²) in [6, 6.07) is 10.2. The number of carbonyl (C=O) groups is 3. The summed E-state index contributed by atoms with van der Waals surface area (Å²) in [6.07, 6.45) is 1.83. The Hall–Kier alpha value is -3.87. The first kappa shape index (κ1) is 32.6. The number of hydrogen-bond acceptors (Lipinski definition) is 7. The molecule has 1 aromatic heterocycles. The maximum Gasteiger partial charge on any atom is 0.490 e. The fraction of sp³-hybridized carbons (Fsp3) is 0.517. The van der Waals surface area contributed by atoms with Crippen molar-refractivity contribution in [3.8, 4) is 5.75 Å². The van der Waals surface area contributed by atoms with Crippen LogP contribution in [0.2, 0.25) is 0 Å². The molecule has 4 N–H and O–H groups in total. The van der Waals surface area contributed by atoms with E-state index >= 15 is 0 Å². The van der Waals surface area contributed by atoms with E-state index in [9.17, 15) is 22.8 Å². The number of aromatic carboxylic acids is 1. The lowest BCUT2D eigenvalue weighted by molar-refractivity contribution is -0.192. The first-order valence-corrected chi connectivity index (χ1v) is 13.8. The van der Waals surface area contributed by atoms with Gasteiger partial charge in [-0.15, -0.1) is 0 Å². The van der Waals surface area contributed by atoms with Crippen LogP contribution in [0, 0.1) is 0 Å². The SMILES string of the molecule is COc1cccc(C(=O)NC2CC3CCC(C2)N3c2ccc(C(=O)O)cn2)c1CCCNC(C)C.O=C(O)C(F)(F)F. The van der Waals surface area contributed by atoms with Gasteiger partial charge < -0.3 is 30.5 Å². The second-order valence-corrected chi connectivity index (χ2v) is 10.6. The van der Waals surface area contributed by atoms with Gasteiger partial charge in [0, 0.05) is 41.5 Å².